The molecule has 0 radical (unpaired) electrons. The Morgan fingerprint density at radius 2 is 1.96 bits per heavy atom. The van der Waals surface area contributed by atoms with Crippen LogP contribution in [0.15, 0.2) is 41.0 Å². The Hall–Kier alpha value is -1.50. The summed E-state index contributed by atoms with van der Waals surface area (Å²) in [6.45, 7) is 6.95. The summed E-state index contributed by atoms with van der Waals surface area (Å²) in [6.07, 6.45) is 4.53. The van der Waals surface area contributed by atoms with Crippen molar-refractivity contribution in [1.82, 2.24) is 15.0 Å². The molecule has 24 heavy (non-hydrogen) atoms. The van der Waals surface area contributed by atoms with Crippen LogP contribution in [-0.4, -0.2) is 26.8 Å². The summed E-state index contributed by atoms with van der Waals surface area (Å²) in [5, 5.41) is 0.180. The predicted molar refractivity (Wildman–Crippen MR) is 101 cm³/mol. The quantitative estimate of drug-likeness (QED) is 0.553. The molecule has 6 heteroatoms. The van der Waals surface area contributed by atoms with Crippen molar-refractivity contribution < 1.29 is 4.74 Å². The molecule has 0 aliphatic carbocycles. The molecule has 2 aromatic heterocycles. The largest absolute Gasteiger partial charge is 0.369 e. The molecule has 0 unspecified atom stereocenters. The van der Waals surface area contributed by atoms with Gasteiger partial charge in [0, 0.05) is 24.3 Å². The Labute approximate surface area is 150 Å². The highest BCUT2D eigenvalue weighted by molar-refractivity contribution is 8.01. The van der Waals surface area contributed by atoms with Gasteiger partial charge in [-0.1, -0.05) is 30.8 Å². The summed E-state index contributed by atoms with van der Waals surface area (Å²) < 4.78 is 8.33. The first-order valence-corrected chi connectivity index (χ1v) is 9.79. The van der Waals surface area contributed by atoms with Gasteiger partial charge in [-0.25, -0.2) is 15.0 Å². The highest BCUT2D eigenvalue weighted by Crippen LogP contribution is 2.37. The topological polar surface area (TPSA) is 47.9 Å². The average Bonchev–Trinajstić information content (AvgIpc) is 2.99. The number of hydrogen-bond donors (Lipinski definition) is 0. The first-order valence-electron chi connectivity index (χ1n) is 8.09. The number of thioether (sulfide) groups is 1. The van der Waals surface area contributed by atoms with Gasteiger partial charge in [-0.3, -0.25) is 0 Å². The molecule has 3 rings (SSSR count). The fraction of sp³-hybridized carbons (Fsp3) is 0.389. The lowest BCUT2D eigenvalue weighted by Crippen LogP contribution is -2.19. The number of para-hydroxylation sites is 1. The molecule has 4 nitrogen and oxygen atoms in total. The minimum atomic E-state index is -0.137. The van der Waals surface area contributed by atoms with Gasteiger partial charge in [0.25, 0.3) is 0 Å². The van der Waals surface area contributed by atoms with Crippen LogP contribution >= 0.6 is 23.1 Å². The molecule has 0 N–H and O–H groups in total. The number of benzene rings is 1. The maximum absolute atomic E-state index is 6.06. The SMILES string of the molecule is CCCO[C@H](c1ncc(C)cn1)[C@@H](C)Sc1nc2ccccc2s1. The van der Waals surface area contributed by atoms with E-state index in [9.17, 15) is 0 Å². The van der Waals surface area contributed by atoms with Crippen molar-refractivity contribution in [2.75, 3.05) is 6.61 Å². The number of fused-ring (bicyclic) bond motifs is 1. The van der Waals surface area contributed by atoms with Crippen LogP contribution in [-0.2, 0) is 4.74 Å². The molecule has 0 amide bonds. The van der Waals surface area contributed by atoms with Crippen LogP contribution in [0.4, 0.5) is 0 Å². The summed E-state index contributed by atoms with van der Waals surface area (Å²) in [6, 6.07) is 8.23. The van der Waals surface area contributed by atoms with Crippen molar-refractivity contribution in [2.24, 2.45) is 0 Å². The van der Waals surface area contributed by atoms with Crippen molar-refractivity contribution in [1.29, 1.82) is 0 Å². The van der Waals surface area contributed by atoms with E-state index in [1.54, 1.807) is 23.1 Å². The Kier molecular flexibility index (Phi) is 5.81. The van der Waals surface area contributed by atoms with Gasteiger partial charge in [-0.15, -0.1) is 11.3 Å². The number of hydrogen-bond acceptors (Lipinski definition) is 6. The number of ether oxygens (including phenoxy) is 1. The van der Waals surface area contributed by atoms with Crippen LogP contribution < -0.4 is 0 Å². The summed E-state index contributed by atoms with van der Waals surface area (Å²) in [5.74, 6) is 0.746. The molecular formula is C18H21N3OS2. The van der Waals surface area contributed by atoms with Crippen LogP contribution in [0, 0.1) is 6.92 Å². The fourth-order valence-corrected chi connectivity index (χ4v) is 4.74. The Morgan fingerprint density at radius 1 is 1.21 bits per heavy atom. The smallest absolute Gasteiger partial charge is 0.158 e. The summed E-state index contributed by atoms with van der Waals surface area (Å²) in [5.41, 5.74) is 2.11. The predicted octanol–water partition coefficient (Wildman–Crippen LogP) is 5.04. The van der Waals surface area contributed by atoms with Crippen molar-refractivity contribution in [3.8, 4) is 0 Å². The van der Waals surface area contributed by atoms with Gasteiger partial charge >= 0.3 is 0 Å². The van der Waals surface area contributed by atoms with E-state index in [4.69, 9.17) is 9.72 Å². The van der Waals surface area contributed by atoms with E-state index in [0.717, 1.165) is 27.7 Å². The Morgan fingerprint density at radius 3 is 2.67 bits per heavy atom. The van der Waals surface area contributed by atoms with Gasteiger partial charge in [-0.05, 0) is 38.0 Å². The second-order valence-corrected chi connectivity index (χ2v) is 8.34. The first-order chi connectivity index (χ1) is 11.7. The molecule has 0 bridgehead atoms. The molecule has 0 aliphatic rings. The highest BCUT2D eigenvalue weighted by atomic mass is 32.2. The first kappa shape index (κ1) is 17.3. The van der Waals surface area contributed by atoms with Crippen LogP contribution in [0.2, 0.25) is 0 Å². The maximum Gasteiger partial charge on any atom is 0.158 e. The van der Waals surface area contributed by atoms with Crippen LogP contribution in [0.25, 0.3) is 10.2 Å². The lowest BCUT2D eigenvalue weighted by atomic mass is 10.2. The summed E-state index contributed by atoms with van der Waals surface area (Å²) in [4.78, 5) is 13.6. The molecule has 0 saturated heterocycles. The molecule has 0 saturated carbocycles. The van der Waals surface area contributed by atoms with Crippen LogP contribution in [0.5, 0.6) is 0 Å². The Balaban J connectivity index is 1.79. The summed E-state index contributed by atoms with van der Waals surface area (Å²) >= 11 is 3.45. The number of nitrogens with zero attached hydrogens (tertiary/aromatic N) is 3. The molecule has 2 heterocycles. The molecule has 0 spiro atoms. The number of thiazole rings is 1. The van der Waals surface area contributed by atoms with Crippen LogP contribution in [0.1, 0.15) is 37.8 Å². The maximum atomic E-state index is 6.06. The molecule has 0 aliphatic heterocycles. The molecule has 126 valence electrons. The van der Waals surface area contributed by atoms with Crippen molar-refractivity contribution in [3.63, 3.8) is 0 Å². The molecule has 1 aromatic carbocycles. The highest BCUT2D eigenvalue weighted by Gasteiger charge is 2.25. The molecule has 3 aromatic rings. The van der Waals surface area contributed by atoms with Crippen molar-refractivity contribution in [3.05, 3.63) is 48.0 Å². The van der Waals surface area contributed by atoms with E-state index in [-0.39, 0.29) is 11.4 Å². The van der Waals surface area contributed by atoms with E-state index in [2.05, 4.69) is 35.9 Å². The van der Waals surface area contributed by atoms with Gasteiger partial charge < -0.3 is 4.74 Å². The second-order valence-electron chi connectivity index (χ2n) is 5.68. The lowest BCUT2D eigenvalue weighted by molar-refractivity contribution is 0.0483. The van der Waals surface area contributed by atoms with Crippen molar-refractivity contribution in [2.45, 2.75) is 42.9 Å². The average molecular weight is 360 g/mol. The van der Waals surface area contributed by atoms with Crippen molar-refractivity contribution >= 4 is 33.3 Å². The number of aromatic nitrogens is 3. The van der Waals surface area contributed by atoms with E-state index >= 15 is 0 Å². The van der Waals surface area contributed by atoms with Gasteiger partial charge in [0.15, 0.2) is 10.2 Å². The second kappa shape index (κ2) is 8.05. The third kappa shape index (κ3) is 4.12. The third-order valence-electron chi connectivity index (χ3n) is 3.54. The van der Waals surface area contributed by atoms with Gasteiger partial charge in [-0.2, -0.15) is 0 Å². The Bertz CT molecular complexity index is 755. The zero-order valence-electron chi connectivity index (χ0n) is 14.1. The minimum Gasteiger partial charge on any atom is -0.369 e. The van der Waals surface area contributed by atoms with Gasteiger partial charge in [0.05, 0.1) is 10.2 Å². The third-order valence-corrected chi connectivity index (χ3v) is 5.83. The monoisotopic (exact) mass is 359 g/mol. The number of rotatable bonds is 7. The number of aryl methyl sites for hydroxylation is 1. The fourth-order valence-electron chi connectivity index (χ4n) is 2.34. The summed E-state index contributed by atoms with van der Waals surface area (Å²) in [7, 11) is 0. The van der Waals surface area contributed by atoms with E-state index in [1.165, 1.54) is 4.70 Å². The molecule has 2 atom stereocenters. The van der Waals surface area contributed by atoms with Gasteiger partial charge in [0.2, 0.25) is 0 Å². The molecular weight excluding hydrogens is 338 g/mol. The van der Waals surface area contributed by atoms with E-state index < -0.39 is 0 Å². The lowest BCUT2D eigenvalue weighted by Gasteiger charge is -2.21. The minimum absolute atomic E-state index is 0.137. The van der Waals surface area contributed by atoms with E-state index in [1.807, 2.05) is 31.5 Å². The standard InChI is InChI=1S/C18H21N3OS2/c1-4-9-22-16(17-19-10-12(2)11-20-17)13(3)23-18-21-14-7-5-6-8-15(14)24-18/h5-8,10-11,13,16H,4,9H2,1-3H3/t13-,16+/m1/s1. The molecule has 0 fully saturated rings. The van der Waals surface area contributed by atoms with Gasteiger partial charge in [0.1, 0.15) is 6.10 Å². The normalized spacial score (nSPS) is 14.0. The zero-order valence-corrected chi connectivity index (χ0v) is 15.7. The van der Waals surface area contributed by atoms with E-state index in [0.29, 0.717) is 6.61 Å². The zero-order chi connectivity index (χ0) is 16.9. The van der Waals surface area contributed by atoms with Crippen LogP contribution in [0.3, 0.4) is 0 Å².